The summed E-state index contributed by atoms with van der Waals surface area (Å²) in [6.45, 7) is 4.13. The van der Waals surface area contributed by atoms with Gasteiger partial charge >= 0.3 is 0 Å². The molecule has 1 heterocycles. The Hall–Kier alpha value is -0.460. The Balaban J connectivity index is 2.33. The van der Waals surface area contributed by atoms with Crippen molar-refractivity contribution in [3.05, 3.63) is 16.6 Å². The maximum Gasteiger partial charge on any atom is 0.151 e. The van der Waals surface area contributed by atoms with Crippen molar-refractivity contribution in [1.82, 2.24) is 10.3 Å². The van der Waals surface area contributed by atoms with Gasteiger partial charge in [-0.1, -0.05) is 6.92 Å². The first-order chi connectivity index (χ1) is 7.05. The van der Waals surface area contributed by atoms with Gasteiger partial charge in [0.2, 0.25) is 0 Å². The lowest BCUT2D eigenvalue weighted by atomic mass is 10.3. The van der Waals surface area contributed by atoms with Crippen LogP contribution in [0.15, 0.2) is 10.9 Å². The molecule has 1 rings (SSSR count). The molecule has 0 aliphatic carbocycles. The molecule has 1 atom stereocenters. The first-order valence-corrected chi connectivity index (χ1v) is 7.63. The number of hydrogen-bond acceptors (Lipinski definition) is 5. The van der Waals surface area contributed by atoms with Gasteiger partial charge in [-0.25, -0.2) is 13.4 Å². The van der Waals surface area contributed by atoms with Crippen molar-refractivity contribution in [3.63, 3.8) is 0 Å². The van der Waals surface area contributed by atoms with Crippen LogP contribution in [-0.2, 0) is 9.84 Å². The standard InChI is InChI=1S/C9H16N2O2S2/c1-3-15(12,13)5-4-10-8(2)9-6-14-7-11-9/h6-8,10H,3-5H2,1-2H3. The molecule has 1 N–H and O–H groups in total. The molecule has 0 radical (unpaired) electrons. The van der Waals surface area contributed by atoms with E-state index in [0.29, 0.717) is 6.54 Å². The summed E-state index contributed by atoms with van der Waals surface area (Å²) in [5, 5.41) is 5.10. The molecule has 0 saturated heterocycles. The van der Waals surface area contributed by atoms with Crippen LogP contribution in [0.2, 0.25) is 0 Å². The highest BCUT2D eigenvalue weighted by molar-refractivity contribution is 7.91. The Morgan fingerprint density at radius 2 is 2.33 bits per heavy atom. The van der Waals surface area contributed by atoms with E-state index < -0.39 is 9.84 Å². The second-order valence-corrected chi connectivity index (χ2v) is 6.52. The topological polar surface area (TPSA) is 59.1 Å². The van der Waals surface area contributed by atoms with Crippen molar-refractivity contribution in [2.75, 3.05) is 18.1 Å². The summed E-state index contributed by atoms with van der Waals surface area (Å²) in [5.41, 5.74) is 2.74. The second kappa shape index (κ2) is 5.58. The monoisotopic (exact) mass is 248 g/mol. The summed E-state index contributed by atoms with van der Waals surface area (Å²) in [5.74, 6) is 0.401. The van der Waals surface area contributed by atoms with Crippen LogP contribution in [0.25, 0.3) is 0 Å². The average molecular weight is 248 g/mol. The Bertz CT molecular complexity index is 373. The first kappa shape index (κ1) is 12.6. The molecule has 0 spiro atoms. The molecule has 0 aromatic carbocycles. The molecule has 6 heteroatoms. The molecule has 4 nitrogen and oxygen atoms in total. The smallest absolute Gasteiger partial charge is 0.151 e. The Labute approximate surface area is 94.7 Å². The molecule has 1 aromatic rings. The van der Waals surface area contributed by atoms with Gasteiger partial charge in [-0.05, 0) is 6.92 Å². The zero-order valence-corrected chi connectivity index (χ0v) is 10.6. The van der Waals surface area contributed by atoms with Crippen LogP contribution in [0.1, 0.15) is 25.6 Å². The molecule has 1 aromatic heterocycles. The van der Waals surface area contributed by atoms with E-state index in [-0.39, 0.29) is 17.5 Å². The van der Waals surface area contributed by atoms with Gasteiger partial charge in [-0.2, -0.15) is 0 Å². The first-order valence-electron chi connectivity index (χ1n) is 4.87. The molecule has 0 amide bonds. The van der Waals surface area contributed by atoms with Crippen molar-refractivity contribution in [3.8, 4) is 0 Å². The second-order valence-electron chi connectivity index (χ2n) is 3.33. The van der Waals surface area contributed by atoms with Gasteiger partial charge in [0.25, 0.3) is 0 Å². The molecule has 0 fully saturated rings. The van der Waals surface area contributed by atoms with Crippen LogP contribution >= 0.6 is 11.3 Å². The van der Waals surface area contributed by atoms with Gasteiger partial charge in [0, 0.05) is 23.7 Å². The van der Waals surface area contributed by atoms with Crippen molar-refractivity contribution >= 4 is 21.2 Å². The third kappa shape index (κ3) is 4.27. The molecule has 0 aliphatic heterocycles. The predicted octanol–water partition coefficient (Wildman–Crippen LogP) is 1.23. The average Bonchev–Trinajstić information content (AvgIpc) is 2.70. The van der Waals surface area contributed by atoms with Crippen LogP contribution in [0.4, 0.5) is 0 Å². The maximum atomic E-state index is 11.2. The number of rotatable bonds is 6. The quantitative estimate of drug-likeness (QED) is 0.822. The summed E-state index contributed by atoms with van der Waals surface area (Å²) in [7, 11) is -2.86. The highest BCUT2D eigenvalue weighted by Crippen LogP contribution is 2.11. The van der Waals surface area contributed by atoms with E-state index in [0.717, 1.165) is 5.69 Å². The maximum absolute atomic E-state index is 11.2. The molecule has 1 unspecified atom stereocenters. The predicted molar refractivity (Wildman–Crippen MR) is 62.9 cm³/mol. The number of sulfone groups is 1. The minimum absolute atomic E-state index is 0.114. The van der Waals surface area contributed by atoms with Crippen LogP contribution < -0.4 is 5.32 Å². The normalized spacial score (nSPS) is 14.0. The minimum atomic E-state index is -2.86. The summed E-state index contributed by atoms with van der Waals surface area (Å²) in [4.78, 5) is 4.16. The van der Waals surface area contributed by atoms with E-state index in [2.05, 4.69) is 10.3 Å². The number of hydrogen-bond donors (Lipinski definition) is 1. The van der Waals surface area contributed by atoms with Gasteiger partial charge in [0.05, 0.1) is 17.0 Å². The highest BCUT2D eigenvalue weighted by Gasteiger charge is 2.10. The minimum Gasteiger partial charge on any atom is -0.308 e. The molecule has 0 saturated carbocycles. The summed E-state index contributed by atoms with van der Waals surface area (Å²) in [6, 6.07) is 0.114. The number of thiazole rings is 1. The Kier molecular flexibility index (Phi) is 4.69. The van der Waals surface area contributed by atoms with Gasteiger partial charge < -0.3 is 5.32 Å². The van der Waals surface area contributed by atoms with Crippen molar-refractivity contribution in [2.45, 2.75) is 19.9 Å². The SMILES string of the molecule is CCS(=O)(=O)CCNC(C)c1cscn1. The van der Waals surface area contributed by atoms with E-state index in [9.17, 15) is 8.42 Å². The number of nitrogens with one attached hydrogen (secondary N) is 1. The molecule has 86 valence electrons. The Morgan fingerprint density at radius 3 is 2.87 bits per heavy atom. The van der Waals surface area contributed by atoms with Gasteiger partial charge in [0.15, 0.2) is 9.84 Å². The van der Waals surface area contributed by atoms with Crippen molar-refractivity contribution < 1.29 is 8.42 Å². The largest absolute Gasteiger partial charge is 0.308 e. The van der Waals surface area contributed by atoms with Crippen molar-refractivity contribution in [1.29, 1.82) is 0 Å². The number of aromatic nitrogens is 1. The summed E-state index contributed by atoms with van der Waals surface area (Å²) >= 11 is 1.54. The molecular formula is C9H16N2O2S2. The van der Waals surface area contributed by atoms with E-state index >= 15 is 0 Å². The lowest BCUT2D eigenvalue weighted by molar-refractivity contribution is 0.567. The third-order valence-electron chi connectivity index (χ3n) is 2.20. The highest BCUT2D eigenvalue weighted by atomic mass is 32.2. The van der Waals surface area contributed by atoms with E-state index in [4.69, 9.17) is 0 Å². The summed E-state index contributed by atoms with van der Waals surface area (Å²) < 4.78 is 22.4. The lowest BCUT2D eigenvalue weighted by Gasteiger charge is -2.10. The lowest BCUT2D eigenvalue weighted by Crippen LogP contribution is -2.26. The van der Waals surface area contributed by atoms with Gasteiger partial charge in [-0.15, -0.1) is 11.3 Å². The van der Waals surface area contributed by atoms with E-state index in [1.54, 1.807) is 23.8 Å². The molecule has 0 bridgehead atoms. The summed E-state index contributed by atoms with van der Waals surface area (Å²) in [6.07, 6.45) is 0. The fourth-order valence-corrected chi connectivity index (χ4v) is 2.48. The van der Waals surface area contributed by atoms with Gasteiger partial charge in [-0.3, -0.25) is 0 Å². The number of nitrogens with zero attached hydrogens (tertiary/aromatic N) is 1. The Morgan fingerprint density at radius 1 is 1.60 bits per heavy atom. The van der Waals surface area contributed by atoms with Crippen LogP contribution in [0, 0.1) is 0 Å². The van der Waals surface area contributed by atoms with E-state index in [1.807, 2.05) is 12.3 Å². The molecular weight excluding hydrogens is 232 g/mol. The zero-order valence-electron chi connectivity index (χ0n) is 8.93. The fraction of sp³-hybridized carbons (Fsp3) is 0.667. The fourth-order valence-electron chi connectivity index (χ4n) is 1.12. The molecule has 0 aliphatic rings. The van der Waals surface area contributed by atoms with E-state index in [1.165, 1.54) is 0 Å². The molecule has 15 heavy (non-hydrogen) atoms. The van der Waals surface area contributed by atoms with Gasteiger partial charge in [0.1, 0.15) is 0 Å². The van der Waals surface area contributed by atoms with Crippen LogP contribution in [-0.4, -0.2) is 31.5 Å². The zero-order chi connectivity index (χ0) is 11.3. The van der Waals surface area contributed by atoms with Crippen molar-refractivity contribution in [2.24, 2.45) is 0 Å². The van der Waals surface area contributed by atoms with Crippen LogP contribution in [0.3, 0.4) is 0 Å². The van der Waals surface area contributed by atoms with Crippen LogP contribution in [0.5, 0.6) is 0 Å². The third-order valence-corrected chi connectivity index (χ3v) is 4.51.